The molecule has 3 heterocycles. The van der Waals surface area contributed by atoms with Gasteiger partial charge in [0.05, 0.1) is 5.41 Å². The molecule has 0 radical (unpaired) electrons. The van der Waals surface area contributed by atoms with Gasteiger partial charge in [0.25, 0.3) is 0 Å². The number of rotatable bonds is 4. The normalized spacial score (nSPS) is 22.6. The minimum absolute atomic E-state index is 0.0133. The van der Waals surface area contributed by atoms with Crippen LogP contribution in [0.5, 0.6) is 0 Å². The predicted molar refractivity (Wildman–Crippen MR) is 117 cm³/mol. The second-order valence-electron chi connectivity index (χ2n) is 9.05. The fourth-order valence-electron chi connectivity index (χ4n) is 4.37. The summed E-state index contributed by atoms with van der Waals surface area (Å²) in [4.78, 5) is 21.3. The summed E-state index contributed by atoms with van der Waals surface area (Å²) < 4.78 is 1.74. The molecule has 156 valence electrons. The summed E-state index contributed by atoms with van der Waals surface area (Å²) in [6.07, 6.45) is 8.33. The highest BCUT2D eigenvalue weighted by Gasteiger charge is 2.38. The largest absolute Gasteiger partial charge is 0.364 e. The molecule has 0 atom stereocenters. The number of carbonyl (C=O) groups is 1. The van der Waals surface area contributed by atoms with E-state index in [1.165, 1.54) is 12.8 Å². The average molecular weight is 406 g/mol. The van der Waals surface area contributed by atoms with E-state index >= 15 is 0 Å². The number of amides is 1. The summed E-state index contributed by atoms with van der Waals surface area (Å²) in [5.41, 5.74) is 2.84. The van der Waals surface area contributed by atoms with Gasteiger partial charge in [-0.3, -0.25) is 4.79 Å². The van der Waals surface area contributed by atoms with Crippen molar-refractivity contribution in [2.75, 3.05) is 16.0 Å². The van der Waals surface area contributed by atoms with Crippen LogP contribution in [0.2, 0.25) is 0 Å². The first-order chi connectivity index (χ1) is 14.4. The van der Waals surface area contributed by atoms with Gasteiger partial charge in [-0.05, 0) is 63.1 Å². The van der Waals surface area contributed by atoms with Crippen molar-refractivity contribution in [1.29, 1.82) is 0 Å². The SMILES string of the molecule is CC1CCC(Nc2nccn3nc(Nc4ccc5c(c4)NC(=O)C5(C)C)nc23)CC1. The Morgan fingerprint density at radius 1 is 1.20 bits per heavy atom. The first kappa shape index (κ1) is 18.8. The van der Waals surface area contributed by atoms with E-state index in [1.54, 1.807) is 16.9 Å². The maximum absolute atomic E-state index is 12.2. The van der Waals surface area contributed by atoms with Gasteiger partial charge in [-0.1, -0.05) is 13.0 Å². The first-order valence-electron chi connectivity index (χ1n) is 10.6. The van der Waals surface area contributed by atoms with Gasteiger partial charge in [0, 0.05) is 29.8 Å². The molecule has 3 N–H and O–H groups in total. The molecule has 0 saturated heterocycles. The second kappa shape index (κ2) is 6.97. The highest BCUT2D eigenvalue weighted by Crippen LogP contribution is 2.39. The lowest BCUT2D eigenvalue weighted by Crippen LogP contribution is -2.26. The van der Waals surface area contributed by atoms with Crippen LogP contribution in [-0.2, 0) is 10.2 Å². The predicted octanol–water partition coefficient (Wildman–Crippen LogP) is 4.09. The molecular weight excluding hydrogens is 378 g/mol. The zero-order valence-electron chi connectivity index (χ0n) is 17.6. The topological polar surface area (TPSA) is 96.2 Å². The number of hydrogen-bond donors (Lipinski definition) is 3. The van der Waals surface area contributed by atoms with Crippen molar-refractivity contribution in [2.24, 2.45) is 5.92 Å². The molecule has 0 bridgehead atoms. The van der Waals surface area contributed by atoms with Crippen molar-refractivity contribution < 1.29 is 4.79 Å². The van der Waals surface area contributed by atoms with Crippen LogP contribution < -0.4 is 16.0 Å². The third kappa shape index (κ3) is 3.26. The van der Waals surface area contributed by atoms with E-state index in [0.717, 1.165) is 41.5 Å². The standard InChI is InChI=1S/C22H27N7O/c1-13-4-6-14(7-5-13)24-18-19-27-21(28-29(19)11-10-23-18)25-15-8-9-16-17(12-15)26-20(30)22(16,2)3/h8-14H,4-7H2,1-3H3,(H,23,24)(H,25,28)(H,26,30). The first-order valence-corrected chi connectivity index (χ1v) is 10.6. The molecule has 30 heavy (non-hydrogen) atoms. The van der Waals surface area contributed by atoms with Crippen LogP contribution in [-0.4, -0.2) is 31.5 Å². The number of hydrogen-bond acceptors (Lipinski definition) is 6. The van der Waals surface area contributed by atoms with Crippen LogP contribution in [0.1, 0.15) is 52.0 Å². The maximum atomic E-state index is 12.2. The lowest BCUT2D eigenvalue weighted by atomic mass is 9.86. The fourth-order valence-corrected chi connectivity index (χ4v) is 4.37. The molecule has 1 saturated carbocycles. The summed E-state index contributed by atoms with van der Waals surface area (Å²) in [6.45, 7) is 6.18. The summed E-state index contributed by atoms with van der Waals surface area (Å²) in [5.74, 6) is 2.07. The molecule has 0 unspecified atom stereocenters. The molecule has 5 rings (SSSR count). The van der Waals surface area contributed by atoms with Gasteiger partial charge in [-0.2, -0.15) is 4.98 Å². The molecule has 1 fully saturated rings. The van der Waals surface area contributed by atoms with Crippen molar-refractivity contribution in [3.8, 4) is 0 Å². The molecule has 8 nitrogen and oxygen atoms in total. The quantitative estimate of drug-likeness (QED) is 0.605. The summed E-state index contributed by atoms with van der Waals surface area (Å²) in [6, 6.07) is 6.28. The smallest absolute Gasteiger partial charge is 0.247 e. The van der Waals surface area contributed by atoms with E-state index in [4.69, 9.17) is 0 Å². The molecule has 8 heteroatoms. The molecule has 1 aromatic carbocycles. The number of nitrogens with zero attached hydrogens (tertiary/aromatic N) is 4. The Morgan fingerprint density at radius 3 is 2.80 bits per heavy atom. The van der Waals surface area contributed by atoms with Gasteiger partial charge in [0.1, 0.15) is 0 Å². The highest BCUT2D eigenvalue weighted by molar-refractivity contribution is 6.06. The van der Waals surface area contributed by atoms with E-state index in [9.17, 15) is 4.79 Å². The number of benzene rings is 1. The molecule has 2 aromatic heterocycles. The van der Waals surface area contributed by atoms with E-state index in [0.29, 0.717) is 17.6 Å². The third-order valence-electron chi connectivity index (χ3n) is 6.38. The summed E-state index contributed by atoms with van der Waals surface area (Å²) >= 11 is 0. The summed E-state index contributed by atoms with van der Waals surface area (Å²) in [5, 5.41) is 14.3. The van der Waals surface area contributed by atoms with Gasteiger partial charge in [0.15, 0.2) is 11.5 Å². The van der Waals surface area contributed by atoms with Crippen LogP contribution in [0.25, 0.3) is 5.65 Å². The minimum Gasteiger partial charge on any atom is -0.364 e. The zero-order valence-corrected chi connectivity index (χ0v) is 17.6. The van der Waals surface area contributed by atoms with E-state index in [-0.39, 0.29) is 5.91 Å². The lowest BCUT2D eigenvalue weighted by molar-refractivity contribution is -0.119. The van der Waals surface area contributed by atoms with Crippen molar-refractivity contribution in [1.82, 2.24) is 19.6 Å². The van der Waals surface area contributed by atoms with Crippen LogP contribution in [0.3, 0.4) is 0 Å². The van der Waals surface area contributed by atoms with Crippen LogP contribution in [0.4, 0.5) is 23.1 Å². The van der Waals surface area contributed by atoms with Crippen LogP contribution in [0, 0.1) is 5.92 Å². The van der Waals surface area contributed by atoms with Gasteiger partial charge in [-0.15, -0.1) is 5.10 Å². The number of aromatic nitrogens is 4. The molecule has 2 aliphatic rings. The second-order valence-corrected chi connectivity index (χ2v) is 9.05. The molecule has 0 spiro atoms. The number of carbonyl (C=O) groups excluding carboxylic acids is 1. The minimum atomic E-state index is -0.516. The summed E-state index contributed by atoms with van der Waals surface area (Å²) in [7, 11) is 0. The Bertz CT molecular complexity index is 1110. The molecule has 3 aromatic rings. The van der Waals surface area contributed by atoms with Gasteiger partial charge >= 0.3 is 0 Å². The zero-order chi connectivity index (χ0) is 20.9. The van der Waals surface area contributed by atoms with Crippen molar-refractivity contribution in [3.63, 3.8) is 0 Å². The van der Waals surface area contributed by atoms with Crippen molar-refractivity contribution in [2.45, 2.75) is 57.9 Å². The fraction of sp³-hybridized carbons (Fsp3) is 0.455. The van der Waals surface area contributed by atoms with Crippen molar-refractivity contribution >= 4 is 34.7 Å². The van der Waals surface area contributed by atoms with Crippen LogP contribution >= 0.6 is 0 Å². The molecule has 1 aliphatic carbocycles. The average Bonchev–Trinajstić information content (AvgIpc) is 3.22. The van der Waals surface area contributed by atoms with E-state index in [2.05, 4.69) is 37.9 Å². The Morgan fingerprint density at radius 2 is 2.00 bits per heavy atom. The maximum Gasteiger partial charge on any atom is 0.247 e. The molecule has 1 amide bonds. The molecule has 1 aliphatic heterocycles. The lowest BCUT2D eigenvalue weighted by Gasteiger charge is -2.27. The molecular formula is C22H27N7O. The Hall–Kier alpha value is -3.16. The third-order valence-corrected chi connectivity index (χ3v) is 6.38. The van der Waals surface area contributed by atoms with Crippen LogP contribution in [0.15, 0.2) is 30.6 Å². The van der Waals surface area contributed by atoms with Crippen molar-refractivity contribution in [3.05, 3.63) is 36.2 Å². The highest BCUT2D eigenvalue weighted by atomic mass is 16.2. The van der Waals surface area contributed by atoms with Gasteiger partial charge in [-0.25, -0.2) is 9.50 Å². The number of nitrogens with one attached hydrogen (secondary N) is 3. The van der Waals surface area contributed by atoms with E-state index in [1.807, 2.05) is 32.0 Å². The monoisotopic (exact) mass is 405 g/mol. The number of anilines is 4. The van der Waals surface area contributed by atoms with Gasteiger partial charge < -0.3 is 16.0 Å². The van der Waals surface area contributed by atoms with E-state index < -0.39 is 5.41 Å². The number of fused-ring (bicyclic) bond motifs is 2. The Labute approximate surface area is 175 Å². The van der Waals surface area contributed by atoms with Gasteiger partial charge in [0.2, 0.25) is 11.9 Å². The Balaban J connectivity index is 1.37. The Kier molecular flexibility index (Phi) is 4.38.